The van der Waals surface area contributed by atoms with E-state index in [1.54, 1.807) is 22.3 Å². The van der Waals surface area contributed by atoms with E-state index >= 15 is 0 Å². The maximum Gasteiger partial charge on any atom is -1.00 e. The Kier molecular flexibility index (Phi) is 5.49. The molecule has 0 aromatic carbocycles. The van der Waals surface area contributed by atoms with E-state index < -0.39 is 8.07 Å². The van der Waals surface area contributed by atoms with Crippen molar-refractivity contribution in [1.82, 2.24) is 0 Å². The van der Waals surface area contributed by atoms with Crippen LogP contribution in [-0.2, 0) is 19.2 Å². The number of rotatable bonds is 0. The van der Waals surface area contributed by atoms with Crippen LogP contribution in [0.1, 0.15) is 40.5 Å². The Balaban J connectivity index is 0.000001000. The Morgan fingerprint density at radius 3 is 1.40 bits per heavy atom. The Labute approximate surface area is 145 Å². The van der Waals surface area contributed by atoms with Gasteiger partial charge < -0.3 is 24.8 Å². The van der Waals surface area contributed by atoms with Crippen molar-refractivity contribution >= 4 is 8.07 Å². The van der Waals surface area contributed by atoms with Gasteiger partial charge >= 0.3 is 121 Å². The second-order valence-corrected chi connectivity index (χ2v) is 13.3. The van der Waals surface area contributed by atoms with Crippen LogP contribution in [0.4, 0.5) is 0 Å². The third-order valence-electron chi connectivity index (χ3n) is 5.45. The zero-order valence-electron chi connectivity index (χ0n) is 13.2. The minimum atomic E-state index is -1.36. The topological polar surface area (TPSA) is 0 Å². The Bertz CT molecular complexity index is 542. The molecule has 0 amide bonds. The minimum Gasteiger partial charge on any atom is -1.00 e. The second-order valence-electron chi connectivity index (χ2n) is 6.52. The quantitative estimate of drug-likeness (QED) is 0.479. The maximum absolute atomic E-state index is 2.59. The smallest absolute Gasteiger partial charge is 1.00 e. The summed E-state index contributed by atoms with van der Waals surface area (Å²) in [6.07, 6.45) is 2.68. The molecule has 4 heteroatoms. The van der Waals surface area contributed by atoms with E-state index in [0.717, 1.165) is 0 Å². The molecule has 3 rings (SSSR count). The van der Waals surface area contributed by atoms with Crippen LogP contribution in [-0.4, -0.2) is 8.07 Å². The summed E-state index contributed by atoms with van der Waals surface area (Å²) in [6, 6.07) is 0. The third kappa shape index (κ3) is 2.40. The van der Waals surface area contributed by atoms with Gasteiger partial charge in [-0.15, -0.1) is 0 Å². The van der Waals surface area contributed by atoms with E-state index in [1.165, 1.54) is 12.8 Å². The molecule has 108 valence electrons. The molecular weight excluding hydrogens is 339 g/mol. The van der Waals surface area contributed by atoms with Crippen molar-refractivity contribution < 1.29 is 44.0 Å². The predicted molar refractivity (Wildman–Crippen MR) is 77.5 cm³/mol. The van der Waals surface area contributed by atoms with Gasteiger partial charge in [0.1, 0.15) is 0 Å². The van der Waals surface area contributed by atoms with Crippen molar-refractivity contribution in [2.24, 2.45) is 0 Å². The van der Waals surface area contributed by atoms with Gasteiger partial charge in [-0.3, -0.25) is 0 Å². The molecule has 0 nitrogen and oxygen atoms in total. The average Bonchev–Trinajstić information content (AvgIpc) is 2.74. The summed E-state index contributed by atoms with van der Waals surface area (Å²) in [7, 11) is -1.36. The summed E-state index contributed by atoms with van der Waals surface area (Å²) in [5.74, 6) is 0. The van der Waals surface area contributed by atoms with Crippen LogP contribution in [0.15, 0.2) is 40.4 Å². The summed E-state index contributed by atoms with van der Waals surface area (Å²) in [5, 5.41) is 3.70. The van der Waals surface area contributed by atoms with E-state index in [0.29, 0.717) is 0 Å². The second kappa shape index (κ2) is 5.93. The van der Waals surface area contributed by atoms with Crippen LogP contribution >= 0.6 is 0 Å². The molecule has 0 aromatic heterocycles. The van der Waals surface area contributed by atoms with E-state index in [-0.39, 0.29) is 44.0 Å². The zero-order valence-corrected chi connectivity index (χ0v) is 17.2. The van der Waals surface area contributed by atoms with Gasteiger partial charge in [0.25, 0.3) is 0 Å². The van der Waals surface area contributed by atoms with E-state index in [9.17, 15) is 0 Å². The molecule has 0 unspecified atom stereocenters. The molecule has 3 aliphatic rings. The van der Waals surface area contributed by atoms with Gasteiger partial charge in [0.15, 0.2) is 0 Å². The molecule has 0 atom stereocenters. The van der Waals surface area contributed by atoms with Gasteiger partial charge in [-0.25, -0.2) is 0 Å². The van der Waals surface area contributed by atoms with Gasteiger partial charge in [-0.1, -0.05) is 0 Å². The molecular formula is C16H22Cl2SiTi. The predicted octanol–water partition coefficient (Wildman–Crippen LogP) is -1.13. The molecule has 2 aliphatic carbocycles. The third-order valence-corrected chi connectivity index (χ3v) is 12.2. The number of hydrogen-bond donors (Lipinski definition) is 0. The fourth-order valence-corrected chi connectivity index (χ4v) is 10.8. The van der Waals surface area contributed by atoms with E-state index in [1.807, 2.05) is 18.1 Å². The van der Waals surface area contributed by atoms with Crippen LogP contribution in [0, 0.1) is 0 Å². The Morgan fingerprint density at radius 1 is 0.700 bits per heavy atom. The summed E-state index contributed by atoms with van der Waals surface area (Å²) in [5.41, 5.74) is 6.65. The molecule has 0 aromatic rings. The average molecular weight is 361 g/mol. The van der Waals surface area contributed by atoms with Crippen molar-refractivity contribution in [2.75, 3.05) is 0 Å². The molecule has 0 spiro atoms. The van der Waals surface area contributed by atoms with Crippen LogP contribution in [0.5, 0.6) is 0 Å². The molecule has 0 saturated carbocycles. The van der Waals surface area contributed by atoms with E-state index in [2.05, 4.69) is 40.8 Å². The number of hydrogen-bond acceptors (Lipinski definition) is 0. The zero-order chi connectivity index (χ0) is 13.2. The first kappa shape index (κ1) is 18.5. The summed E-state index contributed by atoms with van der Waals surface area (Å²) in [4.78, 5) is 0. The molecule has 1 heterocycles. The Hall–Kier alpha value is 0.471. The molecule has 4 bridgehead atoms. The SMILES string of the molecule is CC1=[C]2CC(=C1C)[Si](C)(C)C1=C(C)C(C)=[C](C1)[Ti+2]2.[Cl-].[Cl-]. The van der Waals surface area contributed by atoms with Crippen LogP contribution in [0.25, 0.3) is 0 Å². The van der Waals surface area contributed by atoms with Crippen molar-refractivity contribution in [2.45, 2.75) is 53.6 Å². The Morgan fingerprint density at radius 2 is 1.05 bits per heavy atom. The maximum atomic E-state index is 2.59. The first-order valence-electron chi connectivity index (χ1n) is 6.91. The first-order valence-corrected chi connectivity index (χ1v) is 11.5. The number of halogens is 2. The molecule has 0 N–H and O–H groups in total. The molecule has 0 radical (unpaired) electrons. The van der Waals surface area contributed by atoms with Gasteiger partial charge in [-0.2, -0.15) is 0 Å². The van der Waals surface area contributed by atoms with Crippen molar-refractivity contribution in [3.05, 3.63) is 40.4 Å². The first-order chi connectivity index (χ1) is 8.34. The van der Waals surface area contributed by atoms with Gasteiger partial charge in [-0.05, 0) is 0 Å². The van der Waals surface area contributed by atoms with Crippen molar-refractivity contribution in [3.63, 3.8) is 0 Å². The molecule has 1 aliphatic heterocycles. The summed E-state index contributed by atoms with van der Waals surface area (Å²) in [6.45, 7) is 14.7. The van der Waals surface area contributed by atoms with Crippen LogP contribution < -0.4 is 24.8 Å². The molecule has 1 fully saturated rings. The van der Waals surface area contributed by atoms with Gasteiger partial charge in [0, 0.05) is 0 Å². The molecule has 20 heavy (non-hydrogen) atoms. The monoisotopic (exact) mass is 360 g/mol. The van der Waals surface area contributed by atoms with Gasteiger partial charge in [0.05, 0.1) is 0 Å². The van der Waals surface area contributed by atoms with Crippen LogP contribution in [0.3, 0.4) is 0 Å². The van der Waals surface area contributed by atoms with E-state index in [4.69, 9.17) is 0 Å². The summed E-state index contributed by atoms with van der Waals surface area (Å²) >= 11 is -0.00759. The largest absolute Gasteiger partial charge is 1.00 e. The number of allylic oxidation sites excluding steroid dienone is 8. The fourth-order valence-electron chi connectivity index (χ4n) is 3.81. The standard InChI is InChI=1S/C16H22Si.2ClH.Ti/c1-11-7-9-15(13(11)3)17(5,6)16-10-8-12(2)14(16)4;;;/h9-10H2,1-6H3;2*1H;/q;;;+2/p-2. The minimum absolute atomic E-state index is 0. The summed E-state index contributed by atoms with van der Waals surface area (Å²) < 4.78 is 3.68. The normalized spacial score (nSPS) is 22.9. The fraction of sp³-hybridized carbons (Fsp3) is 0.500. The van der Waals surface area contributed by atoms with Crippen molar-refractivity contribution in [3.8, 4) is 0 Å². The molecule has 1 saturated heterocycles. The van der Waals surface area contributed by atoms with Crippen molar-refractivity contribution in [1.29, 1.82) is 0 Å². The van der Waals surface area contributed by atoms with Crippen LogP contribution in [0.2, 0.25) is 13.1 Å². The number of fused-ring (bicyclic) bond motifs is 4. The van der Waals surface area contributed by atoms with Gasteiger partial charge in [0.2, 0.25) is 0 Å².